The van der Waals surface area contributed by atoms with Gasteiger partial charge >= 0.3 is 0 Å². The maximum Gasteiger partial charge on any atom is 0.257 e. The summed E-state index contributed by atoms with van der Waals surface area (Å²) in [6.07, 6.45) is 4.53. The van der Waals surface area contributed by atoms with Crippen molar-refractivity contribution in [3.8, 4) is 5.75 Å². The van der Waals surface area contributed by atoms with Crippen LogP contribution < -0.4 is 10.1 Å². The van der Waals surface area contributed by atoms with Crippen molar-refractivity contribution < 1.29 is 14.3 Å². The molecule has 132 valence electrons. The number of benzene rings is 1. The third kappa shape index (κ3) is 4.28. The number of hydrogen-bond acceptors (Lipinski definition) is 4. The van der Waals surface area contributed by atoms with Crippen LogP contribution in [0.4, 0.5) is 0 Å². The molecule has 3 rings (SSSR count). The van der Waals surface area contributed by atoms with Gasteiger partial charge in [0.15, 0.2) is 0 Å². The van der Waals surface area contributed by atoms with E-state index in [1.165, 1.54) is 6.42 Å². The van der Waals surface area contributed by atoms with Crippen molar-refractivity contribution >= 4 is 5.91 Å². The lowest BCUT2D eigenvalue weighted by Crippen LogP contribution is -2.42. The lowest BCUT2D eigenvalue weighted by atomic mass is 9.97. The molecule has 2 atom stereocenters. The smallest absolute Gasteiger partial charge is 0.257 e. The molecule has 0 aliphatic carbocycles. The van der Waals surface area contributed by atoms with Crippen LogP contribution in [0, 0.1) is 5.92 Å². The van der Waals surface area contributed by atoms with E-state index in [2.05, 4.69) is 5.32 Å². The Labute approximate surface area is 144 Å². The fourth-order valence-electron chi connectivity index (χ4n) is 3.60. The number of nitrogens with one attached hydrogen (secondary N) is 1. The maximum atomic E-state index is 13.0. The summed E-state index contributed by atoms with van der Waals surface area (Å²) in [7, 11) is 1.97. The number of piperidine rings is 1. The first-order valence-electron chi connectivity index (χ1n) is 9.05. The Morgan fingerprint density at radius 1 is 1.33 bits per heavy atom. The molecular weight excluding hydrogens is 304 g/mol. The van der Waals surface area contributed by atoms with Crippen LogP contribution in [0.1, 0.15) is 36.0 Å². The molecule has 2 aliphatic rings. The molecule has 2 saturated heterocycles. The zero-order valence-electron chi connectivity index (χ0n) is 14.5. The summed E-state index contributed by atoms with van der Waals surface area (Å²) in [6, 6.07) is 7.58. The lowest BCUT2D eigenvalue weighted by molar-refractivity contribution is 0.0621. The van der Waals surface area contributed by atoms with E-state index in [9.17, 15) is 4.79 Å². The fourth-order valence-corrected chi connectivity index (χ4v) is 3.60. The van der Waals surface area contributed by atoms with Gasteiger partial charge in [0, 0.05) is 19.7 Å². The summed E-state index contributed by atoms with van der Waals surface area (Å²) < 4.78 is 11.5. The third-order valence-corrected chi connectivity index (χ3v) is 4.87. The highest BCUT2D eigenvalue weighted by Gasteiger charge is 2.26. The van der Waals surface area contributed by atoms with Crippen molar-refractivity contribution in [2.24, 2.45) is 5.92 Å². The topological polar surface area (TPSA) is 50.8 Å². The average molecular weight is 332 g/mol. The van der Waals surface area contributed by atoms with E-state index in [1.807, 2.05) is 36.2 Å². The van der Waals surface area contributed by atoms with Gasteiger partial charge in [-0.15, -0.1) is 0 Å². The minimum atomic E-state index is 0.0822. The van der Waals surface area contributed by atoms with Gasteiger partial charge in [-0.1, -0.05) is 12.1 Å². The fraction of sp³-hybridized carbons (Fsp3) is 0.632. The minimum Gasteiger partial charge on any atom is -0.490 e. The monoisotopic (exact) mass is 332 g/mol. The Kier molecular flexibility index (Phi) is 6.10. The second kappa shape index (κ2) is 8.49. The van der Waals surface area contributed by atoms with E-state index in [1.54, 1.807) is 0 Å². The molecule has 0 aromatic heterocycles. The van der Waals surface area contributed by atoms with E-state index in [0.717, 1.165) is 45.5 Å². The molecule has 2 unspecified atom stereocenters. The van der Waals surface area contributed by atoms with Gasteiger partial charge in [0.2, 0.25) is 0 Å². The summed E-state index contributed by atoms with van der Waals surface area (Å²) in [6.45, 7) is 3.95. The van der Waals surface area contributed by atoms with Crippen molar-refractivity contribution in [3.63, 3.8) is 0 Å². The van der Waals surface area contributed by atoms with Gasteiger partial charge in [0.25, 0.3) is 5.91 Å². The SMILES string of the molecule is CNCC1CCCN(C(=O)c2ccccc2OCC2CCCO2)C1. The predicted octanol–water partition coefficient (Wildman–Crippen LogP) is 2.32. The molecule has 5 nitrogen and oxygen atoms in total. The van der Waals surface area contributed by atoms with Crippen LogP contribution in [0.2, 0.25) is 0 Å². The maximum absolute atomic E-state index is 13.0. The van der Waals surface area contributed by atoms with Crippen LogP contribution >= 0.6 is 0 Å². The van der Waals surface area contributed by atoms with Crippen LogP contribution in [0.5, 0.6) is 5.75 Å². The minimum absolute atomic E-state index is 0.0822. The number of carbonyl (C=O) groups excluding carboxylic acids is 1. The van der Waals surface area contributed by atoms with Crippen molar-refractivity contribution in [2.45, 2.75) is 31.8 Å². The van der Waals surface area contributed by atoms with Crippen molar-refractivity contribution in [1.82, 2.24) is 10.2 Å². The lowest BCUT2D eigenvalue weighted by Gasteiger charge is -2.33. The molecule has 24 heavy (non-hydrogen) atoms. The van der Waals surface area contributed by atoms with Crippen molar-refractivity contribution in [3.05, 3.63) is 29.8 Å². The van der Waals surface area contributed by atoms with E-state index < -0.39 is 0 Å². The highest BCUT2D eigenvalue weighted by atomic mass is 16.5. The predicted molar refractivity (Wildman–Crippen MR) is 93.5 cm³/mol. The molecule has 1 N–H and O–H groups in total. The second-order valence-electron chi connectivity index (χ2n) is 6.76. The Morgan fingerprint density at radius 3 is 3.00 bits per heavy atom. The van der Waals surface area contributed by atoms with Gasteiger partial charge in [-0.3, -0.25) is 4.79 Å². The molecule has 5 heteroatoms. The van der Waals surface area contributed by atoms with Gasteiger partial charge in [0.1, 0.15) is 12.4 Å². The second-order valence-corrected chi connectivity index (χ2v) is 6.76. The van der Waals surface area contributed by atoms with Crippen LogP contribution in [0.25, 0.3) is 0 Å². The summed E-state index contributed by atoms with van der Waals surface area (Å²) in [4.78, 5) is 14.9. The number of likely N-dealkylation sites (tertiary alicyclic amines) is 1. The van der Waals surface area contributed by atoms with E-state index in [-0.39, 0.29) is 12.0 Å². The van der Waals surface area contributed by atoms with Crippen LogP contribution in [0.15, 0.2) is 24.3 Å². The zero-order chi connectivity index (χ0) is 16.8. The molecular formula is C19H28N2O3. The molecule has 1 aromatic rings. The molecule has 0 bridgehead atoms. The summed E-state index contributed by atoms with van der Waals surface area (Å²) >= 11 is 0. The van der Waals surface area contributed by atoms with Gasteiger partial charge in [0.05, 0.1) is 11.7 Å². The number of rotatable bonds is 6. The van der Waals surface area contributed by atoms with E-state index in [0.29, 0.717) is 23.8 Å². The van der Waals surface area contributed by atoms with Crippen LogP contribution in [0.3, 0.4) is 0 Å². The van der Waals surface area contributed by atoms with E-state index in [4.69, 9.17) is 9.47 Å². The summed E-state index contributed by atoms with van der Waals surface area (Å²) in [5.41, 5.74) is 0.667. The number of ether oxygens (including phenoxy) is 2. The highest BCUT2D eigenvalue weighted by Crippen LogP contribution is 2.24. The molecule has 2 fully saturated rings. The highest BCUT2D eigenvalue weighted by molar-refractivity contribution is 5.97. The molecule has 0 saturated carbocycles. The van der Waals surface area contributed by atoms with Crippen LogP contribution in [-0.2, 0) is 4.74 Å². The number of hydrogen-bond donors (Lipinski definition) is 1. The standard InChI is InChI=1S/C19H28N2O3/c1-20-12-15-6-4-10-21(13-15)19(22)17-8-2-3-9-18(17)24-14-16-7-5-11-23-16/h2-3,8-9,15-16,20H,4-7,10-14H2,1H3. The normalized spacial score (nSPS) is 24.1. The molecule has 2 heterocycles. The quantitative estimate of drug-likeness (QED) is 0.868. The number of para-hydroxylation sites is 1. The van der Waals surface area contributed by atoms with Crippen LogP contribution in [-0.4, -0.2) is 56.8 Å². The summed E-state index contributed by atoms with van der Waals surface area (Å²) in [5, 5.41) is 3.22. The van der Waals surface area contributed by atoms with Gasteiger partial charge in [-0.05, 0) is 57.3 Å². The zero-order valence-corrected chi connectivity index (χ0v) is 14.5. The largest absolute Gasteiger partial charge is 0.490 e. The number of nitrogens with zero attached hydrogens (tertiary/aromatic N) is 1. The Morgan fingerprint density at radius 2 is 2.21 bits per heavy atom. The van der Waals surface area contributed by atoms with Gasteiger partial charge in [-0.25, -0.2) is 0 Å². The number of amides is 1. The first kappa shape index (κ1) is 17.2. The first-order valence-corrected chi connectivity index (χ1v) is 9.05. The van der Waals surface area contributed by atoms with Gasteiger partial charge < -0.3 is 19.7 Å². The molecule has 2 aliphatic heterocycles. The first-order chi connectivity index (χ1) is 11.8. The van der Waals surface area contributed by atoms with Gasteiger partial charge in [-0.2, -0.15) is 0 Å². The summed E-state index contributed by atoms with van der Waals surface area (Å²) in [5.74, 6) is 1.29. The Hall–Kier alpha value is -1.59. The molecule has 0 spiro atoms. The van der Waals surface area contributed by atoms with Crippen molar-refractivity contribution in [2.75, 3.05) is 39.9 Å². The Bertz CT molecular complexity index is 541. The third-order valence-electron chi connectivity index (χ3n) is 4.87. The number of carbonyl (C=O) groups is 1. The Balaban J connectivity index is 1.65. The van der Waals surface area contributed by atoms with E-state index >= 15 is 0 Å². The molecule has 1 amide bonds. The molecule has 1 aromatic carbocycles. The molecule has 0 radical (unpaired) electrons. The average Bonchev–Trinajstić information content (AvgIpc) is 3.14. The van der Waals surface area contributed by atoms with Crippen molar-refractivity contribution in [1.29, 1.82) is 0 Å².